The Morgan fingerprint density at radius 2 is 2.36 bits per heavy atom. The summed E-state index contributed by atoms with van der Waals surface area (Å²) in [6, 6.07) is 4.33. The molecule has 0 aromatic heterocycles. The van der Waals surface area contributed by atoms with Crippen LogP contribution in [0.25, 0.3) is 0 Å². The molecule has 1 amide bonds. The van der Waals surface area contributed by atoms with Crippen LogP contribution in [0, 0.1) is 5.82 Å². The van der Waals surface area contributed by atoms with Crippen LogP contribution in [0.15, 0.2) is 30.9 Å². The molecule has 1 rings (SSSR count). The molecule has 3 N–H and O–H groups in total. The van der Waals surface area contributed by atoms with Gasteiger partial charge in [-0.3, -0.25) is 4.79 Å². The topological polar surface area (TPSA) is 55.1 Å². The van der Waals surface area contributed by atoms with Crippen LogP contribution in [0.5, 0.6) is 0 Å². The summed E-state index contributed by atoms with van der Waals surface area (Å²) in [6.45, 7) is 3.57. The molecule has 0 aliphatic rings. The Balaban J connectivity index is 2.94. The third-order valence-electron chi connectivity index (χ3n) is 1.71. The zero-order valence-electron chi connectivity index (χ0n) is 7.59. The number of nitrogens with one attached hydrogen (secondary N) is 1. The van der Waals surface area contributed by atoms with Crippen LogP contribution in [0.2, 0.25) is 0 Å². The van der Waals surface area contributed by atoms with Gasteiger partial charge in [0.15, 0.2) is 0 Å². The van der Waals surface area contributed by atoms with Crippen molar-refractivity contribution < 1.29 is 9.18 Å². The number of hydrogen-bond acceptors (Lipinski definition) is 2. The Kier molecular flexibility index (Phi) is 3.36. The molecule has 0 aliphatic carbocycles. The van der Waals surface area contributed by atoms with Crippen LogP contribution in [0.1, 0.15) is 5.56 Å². The van der Waals surface area contributed by atoms with E-state index in [1.807, 2.05) is 0 Å². The molecule has 14 heavy (non-hydrogen) atoms. The van der Waals surface area contributed by atoms with Gasteiger partial charge in [0.25, 0.3) is 0 Å². The van der Waals surface area contributed by atoms with Gasteiger partial charge in [-0.05, 0) is 23.8 Å². The summed E-state index contributed by atoms with van der Waals surface area (Å²) in [6.07, 6.45) is 1.08. The lowest BCUT2D eigenvalue weighted by molar-refractivity contribution is -0.111. The lowest BCUT2D eigenvalue weighted by atomic mass is 10.2. The molecule has 74 valence electrons. The van der Waals surface area contributed by atoms with Crippen LogP contribution >= 0.6 is 0 Å². The molecule has 0 unspecified atom stereocenters. The fraction of sp³-hybridized carbons (Fsp3) is 0.100. The lowest BCUT2D eigenvalue weighted by Crippen LogP contribution is -2.09. The van der Waals surface area contributed by atoms with Gasteiger partial charge in [-0.25, -0.2) is 4.39 Å². The average molecular weight is 194 g/mol. The third kappa shape index (κ3) is 2.40. The molecule has 0 bridgehead atoms. The van der Waals surface area contributed by atoms with E-state index < -0.39 is 11.7 Å². The van der Waals surface area contributed by atoms with Gasteiger partial charge in [0.05, 0.1) is 5.69 Å². The Bertz CT molecular complexity index is 363. The van der Waals surface area contributed by atoms with Gasteiger partial charge in [0.2, 0.25) is 5.91 Å². The molecule has 1 aromatic rings. The van der Waals surface area contributed by atoms with Crippen molar-refractivity contribution in [3.05, 3.63) is 42.2 Å². The van der Waals surface area contributed by atoms with E-state index in [1.54, 1.807) is 6.07 Å². The molecule has 0 saturated heterocycles. The molecule has 4 heteroatoms. The molecular formula is C10H11FN2O. The van der Waals surface area contributed by atoms with Crippen LogP contribution in [-0.4, -0.2) is 5.91 Å². The van der Waals surface area contributed by atoms with Gasteiger partial charge in [-0.15, -0.1) is 0 Å². The summed E-state index contributed by atoms with van der Waals surface area (Å²) in [5, 5.41) is 2.35. The summed E-state index contributed by atoms with van der Waals surface area (Å²) in [4.78, 5) is 10.9. The van der Waals surface area contributed by atoms with E-state index in [2.05, 4.69) is 11.9 Å². The quantitative estimate of drug-likeness (QED) is 0.715. The first-order valence-electron chi connectivity index (χ1n) is 4.09. The number of rotatable bonds is 3. The molecule has 3 nitrogen and oxygen atoms in total. The molecule has 0 radical (unpaired) electrons. The standard InChI is InChI=1S/C10H11FN2O/c1-2-10(14)13-9-5-7(6-12)3-4-8(9)11/h2-5H,1,6,12H2,(H,13,14). The fourth-order valence-electron chi connectivity index (χ4n) is 0.979. The van der Waals surface area contributed by atoms with Gasteiger partial charge in [0.1, 0.15) is 5.82 Å². The van der Waals surface area contributed by atoms with Crippen molar-refractivity contribution in [2.45, 2.75) is 6.54 Å². The highest BCUT2D eigenvalue weighted by Crippen LogP contribution is 2.15. The maximum absolute atomic E-state index is 13.1. The predicted octanol–water partition coefficient (Wildman–Crippen LogP) is 1.41. The summed E-state index contributed by atoms with van der Waals surface area (Å²) in [5.74, 6) is -0.935. The SMILES string of the molecule is C=CC(=O)Nc1cc(CN)ccc1F. The minimum Gasteiger partial charge on any atom is -0.326 e. The average Bonchev–Trinajstić information content (AvgIpc) is 2.21. The largest absolute Gasteiger partial charge is 0.326 e. The van der Waals surface area contributed by atoms with Crippen molar-refractivity contribution >= 4 is 11.6 Å². The minimum absolute atomic E-state index is 0.123. The smallest absolute Gasteiger partial charge is 0.247 e. The van der Waals surface area contributed by atoms with E-state index in [4.69, 9.17) is 5.73 Å². The highest BCUT2D eigenvalue weighted by atomic mass is 19.1. The number of halogens is 1. The van der Waals surface area contributed by atoms with Crippen molar-refractivity contribution in [3.8, 4) is 0 Å². The first kappa shape index (κ1) is 10.4. The van der Waals surface area contributed by atoms with Crippen LogP contribution < -0.4 is 11.1 Å². The van der Waals surface area contributed by atoms with Crippen molar-refractivity contribution in [3.63, 3.8) is 0 Å². The number of nitrogens with two attached hydrogens (primary N) is 1. The molecule has 0 atom stereocenters. The number of anilines is 1. The maximum Gasteiger partial charge on any atom is 0.247 e. The summed E-state index contributed by atoms with van der Waals surface area (Å²) in [7, 11) is 0. The van der Waals surface area contributed by atoms with Crippen LogP contribution in [0.4, 0.5) is 10.1 Å². The molecule has 0 aliphatic heterocycles. The fourth-order valence-corrected chi connectivity index (χ4v) is 0.979. The van der Waals surface area contributed by atoms with E-state index >= 15 is 0 Å². The summed E-state index contributed by atoms with van der Waals surface area (Å²) in [5.41, 5.74) is 6.26. The minimum atomic E-state index is -0.489. The van der Waals surface area contributed by atoms with Crippen molar-refractivity contribution in [2.75, 3.05) is 5.32 Å². The maximum atomic E-state index is 13.1. The van der Waals surface area contributed by atoms with Crippen molar-refractivity contribution in [1.82, 2.24) is 0 Å². The highest BCUT2D eigenvalue weighted by molar-refractivity contribution is 5.98. The molecule has 0 saturated carbocycles. The Morgan fingerprint density at radius 1 is 1.64 bits per heavy atom. The first-order valence-corrected chi connectivity index (χ1v) is 4.09. The van der Waals surface area contributed by atoms with E-state index in [0.717, 1.165) is 11.6 Å². The first-order chi connectivity index (χ1) is 6.67. The highest BCUT2D eigenvalue weighted by Gasteiger charge is 2.04. The van der Waals surface area contributed by atoms with Crippen LogP contribution in [0.3, 0.4) is 0 Å². The molecule has 0 fully saturated rings. The van der Waals surface area contributed by atoms with Gasteiger partial charge in [-0.1, -0.05) is 12.6 Å². The number of carbonyl (C=O) groups is 1. The second-order valence-corrected chi connectivity index (χ2v) is 2.71. The molecule has 1 aromatic carbocycles. The molecular weight excluding hydrogens is 183 g/mol. The normalized spacial score (nSPS) is 9.57. The van der Waals surface area contributed by atoms with Gasteiger partial charge < -0.3 is 11.1 Å². The van der Waals surface area contributed by atoms with Gasteiger partial charge >= 0.3 is 0 Å². The number of hydrogen-bond donors (Lipinski definition) is 2. The zero-order chi connectivity index (χ0) is 10.6. The second-order valence-electron chi connectivity index (χ2n) is 2.71. The second kappa shape index (κ2) is 4.53. The number of benzene rings is 1. The van der Waals surface area contributed by atoms with Gasteiger partial charge in [0, 0.05) is 6.54 Å². The van der Waals surface area contributed by atoms with Crippen LogP contribution in [-0.2, 0) is 11.3 Å². The Labute approximate surface area is 81.4 Å². The Hall–Kier alpha value is -1.68. The molecule has 0 heterocycles. The predicted molar refractivity (Wildman–Crippen MR) is 53.1 cm³/mol. The van der Waals surface area contributed by atoms with E-state index in [0.29, 0.717) is 6.54 Å². The van der Waals surface area contributed by atoms with E-state index in [9.17, 15) is 9.18 Å². The summed E-state index contributed by atoms with van der Waals surface area (Å²) < 4.78 is 13.1. The monoisotopic (exact) mass is 194 g/mol. The number of amides is 1. The summed E-state index contributed by atoms with van der Waals surface area (Å²) >= 11 is 0. The molecule has 0 spiro atoms. The van der Waals surface area contributed by atoms with E-state index in [1.165, 1.54) is 12.1 Å². The zero-order valence-corrected chi connectivity index (χ0v) is 7.59. The van der Waals surface area contributed by atoms with Crippen molar-refractivity contribution in [1.29, 1.82) is 0 Å². The number of carbonyl (C=O) groups excluding carboxylic acids is 1. The third-order valence-corrected chi connectivity index (χ3v) is 1.71. The Morgan fingerprint density at radius 3 is 2.93 bits per heavy atom. The van der Waals surface area contributed by atoms with Crippen molar-refractivity contribution in [2.24, 2.45) is 5.73 Å². The van der Waals surface area contributed by atoms with Gasteiger partial charge in [-0.2, -0.15) is 0 Å². The lowest BCUT2D eigenvalue weighted by Gasteiger charge is -2.05. The van der Waals surface area contributed by atoms with E-state index in [-0.39, 0.29) is 5.69 Å².